The summed E-state index contributed by atoms with van der Waals surface area (Å²) in [5.74, 6) is 0.617. The van der Waals surface area contributed by atoms with Crippen molar-refractivity contribution in [1.82, 2.24) is 10.2 Å². The Bertz CT molecular complexity index is 401. The van der Waals surface area contributed by atoms with Crippen molar-refractivity contribution >= 4 is 17.3 Å². The lowest BCUT2D eigenvalue weighted by Crippen LogP contribution is -2.31. The zero-order valence-corrected chi connectivity index (χ0v) is 8.92. The third-order valence-electron chi connectivity index (χ3n) is 2.55. The normalized spacial score (nSPS) is 17.5. The first kappa shape index (κ1) is 10.4. The number of hydrogen-bond acceptors (Lipinski definition) is 4. The van der Waals surface area contributed by atoms with Gasteiger partial charge in [0.25, 0.3) is 5.56 Å². The van der Waals surface area contributed by atoms with Crippen LogP contribution in [0, 0.1) is 5.92 Å². The quantitative estimate of drug-likeness (QED) is 0.704. The second-order valence-corrected chi connectivity index (χ2v) is 4.19. The fraction of sp³-hybridized carbons (Fsp3) is 0.556. The lowest BCUT2D eigenvalue weighted by molar-refractivity contribution is 0.620. The molecular formula is C9H13ClN4O. The number of nitrogens with one attached hydrogen (secondary N) is 2. The molecule has 0 spiro atoms. The molecule has 1 fully saturated rings. The standard InChI is InChI=1S/C9H13ClN4O/c10-8-7(4-13-14-9(8)15)12-3-6(11)5-1-2-5/h4-6H,1-3,11H2,(H2,12,14,15). The van der Waals surface area contributed by atoms with Crippen LogP contribution in [0.2, 0.25) is 5.02 Å². The van der Waals surface area contributed by atoms with E-state index in [0.29, 0.717) is 18.2 Å². The summed E-state index contributed by atoms with van der Waals surface area (Å²) < 4.78 is 0. The average molecular weight is 229 g/mol. The molecule has 1 heterocycles. The molecule has 1 atom stereocenters. The maximum Gasteiger partial charge on any atom is 0.285 e. The van der Waals surface area contributed by atoms with E-state index in [2.05, 4.69) is 15.5 Å². The predicted molar refractivity (Wildman–Crippen MR) is 59.1 cm³/mol. The summed E-state index contributed by atoms with van der Waals surface area (Å²) in [6.45, 7) is 0.621. The van der Waals surface area contributed by atoms with Crippen molar-refractivity contribution in [3.63, 3.8) is 0 Å². The van der Waals surface area contributed by atoms with Gasteiger partial charge in [0.2, 0.25) is 0 Å². The molecule has 0 saturated heterocycles. The van der Waals surface area contributed by atoms with E-state index in [1.165, 1.54) is 19.0 Å². The first-order valence-corrected chi connectivity index (χ1v) is 5.29. The van der Waals surface area contributed by atoms with Gasteiger partial charge >= 0.3 is 0 Å². The van der Waals surface area contributed by atoms with Crippen molar-refractivity contribution in [2.75, 3.05) is 11.9 Å². The van der Waals surface area contributed by atoms with E-state index in [0.717, 1.165) is 0 Å². The molecule has 0 bridgehead atoms. The number of nitrogens with two attached hydrogens (primary N) is 1. The number of aromatic nitrogens is 2. The van der Waals surface area contributed by atoms with Crippen LogP contribution in [0.4, 0.5) is 5.69 Å². The summed E-state index contributed by atoms with van der Waals surface area (Å²) in [7, 11) is 0. The summed E-state index contributed by atoms with van der Waals surface area (Å²) >= 11 is 5.78. The van der Waals surface area contributed by atoms with Gasteiger partial charge < -0.3 is 11.1 Å². The van der Waals surface area contributed by atoms with Gasteiger partial charge in [0, 0.05) is 12.6 Å². The zero-order valence-electron chi connectivity index (χ0n) is 8.16. The first-order valence-electron chi connectivity index (χ1n) is 4.91. The Hall–Kier alpha value is -1.07. The Kier molecular flexibility index (Phi) is 2.93. The number of rotatable bonds is 4. The number of anilines is 1. The molecule has 1 aliphatic carbocycles. The Labute approximate surface area is 92.0 Å². The summed E-state index contributed by atoms with van der Waals surface area (Å²) in [6, 6.07) is 0.125. The maximum absolute atomic E-state index is 11.1. The molecule has 5 nitrogen and oxygen atoms in total. The fourth-order valence-corrected chi connectivity index (χ4v) is 1.58. The Balaban J connectivity index is 1.98. The Morgan fingerprint density at radius 1 is 1.73 bits per heavy atom. The van der Waals surface area contributed by atoms with Gasteiger partial charge in [-0.25, -0.2) is 5.10 Å². The monoisotopic (exact) mass is 228 g/mol. The van der Waals surface area contributed by atoms with Crippen molar-refractivity contribution in [2.45, 2.75) is 18.9 Å². The lowest BCUT2D eigenvalue weighted by Gasteiger charge is -2.12. The molecule has 2 rings (SSSR count). The zero-order chi connectivity index (χ0) is 10.8. The number of aromatic amines is 1. The summed E-state index contributed by atoms with van der Waals surface area (Å²) in [5, 5.41) is 9.08. The minimum atomic E-state index is -0.387. The molecule has 1 unspecified atom stereocenters. The van der Waals surface area contributed by atoms with Crippen LogP contribution in [0.15, 0.2) is 11.0 Å². The van der Waals surface area contributed by atoms with E-state index in [4.69, 9.17) is 17.3 Å². The number of halogens is 1. The van der Waals surface area contributed by atoms with Crippen LogP contribution in [-0.2, 0) is 0 Å². The van der Waals surface area contributed by atoms with E-state index < -0.39 is 0 Å². The molecule has 1 aromatic heterocycles. The fourth-order valence-electron chi connectivity index (χ4n) is 1.43. The van der Waals surface area contributed by atoms with Crippen molar-refractivity contribution < 1.29 is 0 Å². The highest BCUT2D eigenvalue weighted by Crippen LogP contribution is 2.31. The van der Waals surface area contributed by atoms with Crippen molar-refractivity contribution in [3.8, 4) is 0 Å². The summed E-state index contributed by atoms with van der Waals surface area (Å²) in [5.41, 5.74) is 6.05. The second-order valence-electron chi connectivity index (χ2n) is 3.81. The van der Waals surface area contributed by atoms with Crippen LogP contribution in [0.3, 0.4) is 0 Å². The van der Waals surface area contributed by atoms with Gasteiger partial charge in [-0.15, -0.1) is 0 Å². The largest absolute Gasteiger partial charge is 0.381 e. The SMILES string of the molecule is NC(CNc1cn[nH]c(=O)c1Cl)C1CC1. The minimum absolute atomic E-state index is 0.125. The minimum Gasteiger partial charge on any atom is -0.381 e. The highest BCUT2D eigenvalue weighted by atomic mass is 35.5. The first-order chi connectivity index (χ1) is 7.18. The number of hydrogen-bond donors (Lipinski definition) is 3. The Morgan fingerprint density at radius 2 is 2.47 bits per heavy atom. The molecule has 4 N–H and O–H groups in total. The van der Waals surface area contributed by atoms with Gasteiger partial charge in [-0.1, -0.05) is 11.6 Å². The van der Waals surface area contributed by atoms with E-state index >= 15 is 0 Å². The van der Waals surface area contributed by atoms with Crippen LogP contribution in [0.1, 0.15) is 12.8 Å². The predicted octanol–water partition coefficient (Wildman–Crippen LogP) is 0.572. The molecule has 0 aromatic carbocycles. The molecular weight excluding hydrogens is 216 g/mol. The van der Waals surface area contributed by atoms with Crippen molar-refractivity contribution in [2.24, 2.45) is 11.7 Å². The number of H-pyrrole nitrogens is 1. The molecule has 6 heteroatoms. The van der Waals surface area contributed by atoms with Crippen molar-refractivity contribution in [1.29, 1.82) is 0 Å². The molecule has 82 valence electrons. The van der Waals surface area contributed by atoms with Gasteiger partial charge in [-0.05, 0) is 18.8 Å². The van der Waals surface area contributed by atoms with Crippen LogP contribution in [-0.4, -0.2) is 22.8 Å². The topological polar surface area (TPSA) is 83.8 Å². The average Bonchev–Trinajstić information content (AvgIpc) is 3.03. The lowest BCUT2D eigenvalue weighted by atomic mass is 10.2. The molecule has 15 heavy (non-hydrogen) atoms. The number of nitrogens with zero attached hydrogens (tertiary/aromatic N) is 1. The van der Waals surface area contributed by atoms with Gasteiger partial charge in [-0.3, -0.25) is 4.79 Å². The third-order valence-corrected chi connectivity index (χ3v) is 2.93. The van der Waals surface area contributed by atoms with Gasteiger partial charge in [-0.2, -0.15) is 5.10 Å². The van der Waals surface area contributed by atoms with E-state index in [1.54, 1.807) is 0 Å². The third kappa shape index (κ3) is 2.49. The molecule has 1 aromatic rings. The summed E-state index contributed by atoms with van der Waals surface area (Å²) in [4.78, 5) is 11.1. The highest BCUT2D eigenvalue weighted by Gasteiger charge is 2.28. The molecule has 1 aliphatic rings. The maximum atomic E-state index is 11.1. The van der Waals surface area contributed by atoms with Crippen LogP contribution in [0.5, 0.6) is 0 Å². The van der Waals surface area contributed by atoms with Gasteiger partial charge in [0.1, 0.15) is 5.02 Å². The van der Waals surface area contributed by atoms with Gasteiger partial charge in [0.15, 0.2) is 0 Å². The molecule has 0 radical (unpaired) electrons. The Morgan fingerprint density at radius 3 is 3.13 bits per heavy atom. The van der Waals surface area contributed by atoms with E-state index in [-0.39, 0.29) is 16.6 Å². The van der Waals surface area contributed by atoms with Crippen LogP contribution < -0.4 is 16.6 Å². The van der Waals surface area contributed by atoms with Gasteiger partial charge in [0.05, 0.1) is 11.9 Å². The molecule has 0 amide bonds. The van der Waals surface area contributed by atoms with E-state index in [1.807, 2.05) is 0 Å². The summed E-state index contributed by atoms with van der Waals surface area (Å²) in [6.07, 6.45) is 3.89. The highest BCUT2D eigenvalue weighted by molar-refractivity contribution is 6.32. The molecule has 1 saturated carbocycles. The second kappa shape index (κ2) is 4.20. The van der Waals surface area contributed by atoms with Crippen LogP contribution >= 0.6 is 11.6 Å². The van der Waals surface area contributed by atoms with E-state index in [9.17, 15) is 4.79 Å². The van der Waals surface area contributed by atoms with Crippen molar-refractivity contribution in [3.05, 3.63) is 21.6 Å². The smallest absolute Gasteiger partial charge is 0.285 e. The van der Waals surface area contributed by atoms with Crippen LogP contribution in [0.25, 0.3) is 0 Å². The molecule has 0 aliphatic heterocycles.